The van der Waals surface area contributed by atoms with Crippen LogP contribution >= 0.6 is 0 Å². The highest BCUT2D eigenvalue weighted by atomic mass is 32.2. The lowest BCUT2D eigenvalue weighted by Crippen LogP contribution is -2.33. The van der Waals surface area contributed by atoms with Gasteiger partial charge in [0.15, 0.2) is 6.10 Å². The molecule has 178 valence electrons. The quantitative estimate of drug-likeness (QED) is 0.623. The first-order valence-electron chi connectivity index (χ1n) is 12.2. The van der Waals surface area contributed by atoms with Crippen molar-refractivity contribution >= 4 is 21.6 Å². The van der Waals surface area contributed by atoms with E-state index in [1.165, 1.54) is 24.0 Å². The molecule has 0 saturated carbocycles. The fourth-order valence-electron chi connectivity index (χ4n) is 4.63. The van der Waals surface area contributed by atoms with Crippen LogP contribution in [0, 0.1) is 0 Å². The Morgan fingerprint density at radius 1 is 0.939 bits per heavy atom. The number of sulfonamides is 1. The molecule has 6 nitrogen and oxygen atoms in total. The normalized spacial score (nSPS) is 18.1. The number of rotatable bonds is 7. The number of fused-ring (bicyclic) bond motifs is 1. The van der Waals surface area contributed by atoms with Gasteiger partial charge in [-0.05, 0) is 92.5 Å². The Balaban J connectivity index is 1.40. The van der Waals surface area contributed by atoms with E-state index in [0.717, 1.165) is 44.3 Å². The van der Waals surface area contributed by atoms with Gasteiger partial charge in [-0.1, -0.05) is 25.8 Å². The van der Waals surface area contributed by atoms with Crippen LogP contribution < -0.4 is 10.1 Å². The Morgan fingerprint density at radius 3 is 2.27 bits per heavy atom. The molecule has 1 atom stereocenters. The molecule has 2 aromatic rings. The lowest BCUT2D eigenvalue weighted by Gasteiger charge is -2.21. The summed E-state index contributed by atoms with van der Waals surface area (Å²) in [7, 11) is -3.50. The number of hydrogen-bond donors (Lipinski definition) is 1. The second kappa shape index (κ2) is 10.7. The number of nitrogens with one attached hydrogen (secondary N) is 1. The van der Waals surface area contributed by atoms with E-state index in [4.69, 9.17) is 4.74 Å². The number of hydrogen-bond acceptors (Lipinski definition) is 4. The van der Waals surface area contributed by atoms with Gasteiger partial charge in [-0.25, -0.2) is 8.42 Å². The van der Waals surface area contributed by atoms with Gasteiger partial charge in [0.2, 0.25) is 10.0 Å². The molecule has 1 aliphatic heterocycles. The van der Waals surface area contributed by atoms with Gasteiger partial charge in [-0.15, -0.1) is 0 Å². The number of benzene rings is 2. The van der Waals surface area contributed by atoms with E-state index in [2.05, 4.69) is 17.4 Å². The molecule has 0 bridgehead atoms. The number of nitrogens with zero attached hydrogens (tertiary/aromatic N) is 1. The zero-order valence-corrected chi connectivity index (χ0v) is 20.2. The summed E-state index contributed by atoms with van der Waals surface area (Å²) in [6.07, 6.45) is 8.44. The van der Waals surface area contributed by atoms with Gasteiger partial charge >= 0.3 is 0 Å². The van der Waals surface area contributed by atoms with Crippen LogP contribution in [0.2, 0.25) is 0 Å². The van der Waals surface area contributed by atoms with Crippen molar-refractivity contribution in [1.29, 1.82) is 0 Å². The summed E-state index contributed by atoms with van der Waals surface area (Å²) < 4.78 is 33.5. The molecule has 1 saturated heterocycles. The number of ether oxygens (including phenoxy) is 1. The zero-order valence-electron chi connectivity index (χ0n) is 19.4. The van der Waals surface area contributed by atoms with Gasteiger partial charge < -0.3 is 10.1 Å². The summed E-state index contributed by atoms with van der Waals surface area (Å²) in [6, 6.07) is 12.6. The minimum absolute atomic E-state index is 0.238. The Morgan fingerprint density at radius 2 is 1.61 bits per heavy atom. The summed E-state index contributed by atoms with van der Waals surface area (Å²) in [5.74, 6) is 0.481. The fourth-order valence-corrected chi connectivity index (χ4v) is 6.15. The molecule has 1 N–H and O–H groups in total. The summed E-state index contributed by atoms with van der Waals surface area (Å²) in [6.45, 7) is 3.05. The highest BCUT2D eigenvalue weighted by Gasteiger charge is 2.25. The van der Waals surface area contributed by atoms with E-state index in [9.17, 15) is 13.2 Å². The van der Waals surface area contributed by atoms with Crippen molar-refractivity contribution in [3.8, 4) is 5.75 Å². The fraction of sp³-hybridized carbons (Fsp3) is 0.500. The van der Waals surface area contributed by atoms with E-state index >= 15 is 0 Å². The molecule has 0 aromatic heterocycles. The summed E-state index contributed by atoms with van der Waals surface area (Å²) >= 11 is 0. The lowest BCUT2D eigenvalue weighted by molar-refractivity contribution is -0.122. The van der Waals surface area contributed by atoms with Crippen LogP contribution in [0.4, 0.5) is 5.69 Å². The van der Waals surface area contributed by atoms with Crippen molar-refractivity contribution < 1.29 is 17.9 Å². The van der Waals surface area contributed by atoms with Gasteiger partial charge in [0.05, 0.1) is 4.90 Å². The molecule has 7 heteroatoms. The number of carbonyl (C=O) groups is 1. The SMILES string of the molecule is CC[C@@H](Oc1ccc2c(c1)CCCC2)C(=O)Nc1ccc(S(=O)(=O)N2CCCCCC2)cc1. The van der Waals surface area contributed by atoms with Crippen molar-refractivity contribution in [3.05, 3.63) is 53.6 Å². The average Bonchev–Trinajstić information content (AvgIpc) is 3.13. The summed E-state index contributed by atoms with van der Waals surface area (Å²) in [5.41, 5.74) is 3.25. The molecule has 2 aromatic carbocycles. The van der Waals surface area contributed by atoms with Crippen LogP contribution in [0.3, 0.4) is 0 Å². The molecule has 1 amide bonds. The maximum Gasteiger partial charge on any atom is 0.265 e. The van der Waals surface area contributed by atoms with Gasteiger partial charge in [0.1, 0.15) is 5.75 Å². The Bertz CT molecular complexity index is 1060. The third kappa shape index (κ3) is 5.76. The standard InChI is InChI=1S/C26H34N2O4S/c1-2-25(32-23-14-11-20-9-5-6-10-21(20)19-23)26(29)27-22-12-15-24(16-13-22)33(30,31)28-17-7-3-4-8-18-28/h11-16,19,25H,2-10,17-18H2,1H3,(H,27,29)/t25-/m1/s1. The lowest BCUT2D eigenvalue weighted by atomic mass is 9.92. The Hall–Kier alpha value is -2.38. The highest BCUT2D eigenvalue weighted by Crippen LogP contribution is 2.27. The predicted molar refractivity (Wildman–Crippen MR) is 130 cm³/mol. The number of aryl methyl sites for hydroxylation is 2. The summed E-state index contributed by atoms with van der Waals surface area (Å²) in [5, 5.41) is 2.87. The first kappa shape index (κ1) is 23.8. The van der Waals surface area contributed by atoms with Crippen LogP contribution in [-0.2, 0) is 27.7 Å². The topological polar surface area (TPSA) is 75.7 Å². The van der Waals surface area contributed by atoms with Gasteiger partial charge in [-0.3, -0.25) is 4.79 Å². The number of carbonyl (C=O) groups excluding carboxylic acids is 1. The molecule has 0 unspecified atom stereocenters. The van der Waals surface area contributed by atoms with E-state index in [1.54, 1.807) is 28.6 Å². The minimum atomic E-state index is -3.50. The molecular weight excluding hydrogens is 436 g/mol. The number of amides is 1. The molecule has 0 spiro atoms. The molecule has 4 rings (SSSR count). The Labute approximate surface area is 197 Å². The average molecular weight is 471 g/mol. The van der Waals surface area contributed by atoms with Gasteiger partial charge in [-0.2, -0.15) is 4.31 Å². The smallest absolute Gasteiger partial charge is 0.265 e. The molecule has 33 heavy (non-hydrogen) atoms. The van der Waals surface area contributed by atoms with Crippen LogP contribution in [0.15, 0.2) is 47.4 Å². The van der Waals surface area contributed by atoms with E-state index in [1.807, 2.05) is 13.0 Å². The highest BCUT2D eigenvalue weighted by molar-refractivity contribution is 7.89. The van der Waals surface area contributed by atoms with E-state index in [0.29, 0.717) is 25.2 Å². The van der Waals surface area contributed by atoms with Crippen LogP contribution in [0.25, 0.3) is 0 Å². The van der Waals surface area contributed by atoms with Crippen molar-refractivity contribution in [2.24, 2.45) is 0 Å². The van der Waals surface area contributed by atoms with Crippen molar-refractivity contribution in [1.82, 2.24) is 4.31 Å². The van der Waals surface area contributed by atoms with Crippen LogP contribution in [0.1, 0.15) is 63.0 Å². The molecule has 1 heterocycles. The predicted octanol–water partition coefficient (Wildman–Crippen LogP) is 4.93. The maximum absolute atomic E-state index is 13.0. The van der Waals surface area contributed by atoms with Gasteiger partial charge in [0, 0.05) is 18.8 Å². The van der Waals surface area contributed by atoms with Crippen LogP contribution in [-0.4, -0.2) is 37.8 Å². The maximum atomic E-state index is 13.0. The second-order valence-electron chi connectivity index (χ2n) is 8.98. The third-order valence-electron chi connectivity index (χ3n) is 6.59. The molecule has 2 aliphatic rings. The first-order valence-corrected chi connectivity index (χ1v) is 13.6. The molecule has 1 aliphatic carbocycles. The largest absolute Gasteiger partial charge is 0.481 e. The minimum Gasteiger partial charge on any atom is -0.481 e. The monoisotopic (exact) mass is 470 g/mol. The van der Waals surface area contributed by atoms with Crippen molar-refractivity contribution in [2.45, 2.75) is 75.7 Å². The molecule has 0 radical (unpaired) electrons. The van der Waals surface area contributed by atoms with E-state index in [-0.39, 0.29) is 10.8 Å². The van der Waals surface area contributed by atoms with Crippen LogP contribution in [0.5, 0.6) is 5.75 Å². The van der Waals surface area contributed by atoms with Crippen molar-refractivity contribution in [2.75, 3.05) is 18.4 Å². The molecular formula is C26H34N2O4S. The third-order valence-corrected chi connectivity index (χ3v) is 8.50. The first-order chi connectivity index (χ1) is 16.0. The van der Waals surface area contributed by atoms with Gasteiger partial charge in [0.25, 0.3) is 5.91 Å². The Kier molecular flexibility index (Phi) is 7.71. The zero-order chi connectivity index (χ0) is 23.3. The number of anilines is 1. The second-order valence-corrected chi connectivity index (χ2v) is 10.9. The van der Waals surface area contributed by atoms with E-state index < -0.39 is 16.1 Å². The summed E-state index contributed by atoms with van der Waals surface area (Å²) in [4.78, 5) is 13.1. The molecule has 1 fully saturated rings. The van der Waals surface area contributed by atoms with Crippen molar-refractivity contribution in [3.63, 3.8) is 0 Å².